The van der Waals surface area contributed by atoms with Crippen molar-refractivity contribution in [3.05, 3.63) is 30.1 Å². The Hall–Kier alpha value is -1.71. The van der Waals surface area contributed by atoms with E-state index in [2.05, 4.69) is 10.2 Å². The zero-order chi connectivity index (χ0) is 19.2. The van der Waals surface area contributed by atoms with E-state index in [1.165, 1.54) is 18.2 Å². The number of hydrogen-bond acceptors (Lipinski definition) is 5. The lowest BCUT2D eigenvalue weighted by atomic mass is 10.0. The lowest BCUT2D eigenvalue weighted by Gasteiger charge is -2.34. The van der Waals surface area contributed by atoms with Gasteiger partial charge in [0, 0.05) is 19.1 Å². The Bertz CT molecular complexity index is 714. The van der Waals surface area contributed by atoms with Gasteiger partial charge >= 0.3 is 0 Å². The molecule has 2 rings (SSSR count). The molecule has 1 aromatic rings. The van der Waals surface area contributed by atoms with Crippen LogP contribution < -0.4 is 9.62 Å². The van der Waals surface area contributed by atoms with Gasteiger partial charge in [-0.2, -0.15) is 0 Å². The summed E-state index contributed by atoms with van der Waals surface area (Å²) in [7, 11) is -3.73. The number of aliphatic hydroxyl groups is 1. The summed E-state index contributed by atoms with van der Waals surface area (Å²) in [4.78, 5) is 14.3. The van der Waals surface area contributed by atoms with Crippen LogP contribution in [0.2, 0.25) is 0 Å². The van der Waals surface area contributed by atoms with Crippen molar-refractivity contribution in [2.45, 2.75) is 25.3 Å². The first-order chi connectivity index (χ1) is 12.3. The van der Waals surface area contributed by atoms with Crippen molar-refractivity contribution in [1.29, 1.82) is 0 Å². The Morgan fingerprint density at radius 2 is 2.19 bits per heavy atom. The Labute approximate surface area is 153 Å². The van der Waals surface area contributed by atoms with Crippen LogP contribution in [0.5, 0.6) is 0 Å². The fourth-order valence-electron chi connectivity index (χ4n) is 3.12. The van der Waals surface area contributed by atoms with Gasteiger partial charge in [-0.3, -0.25) is 14.0 Å². The van der Waals surface area contributed by atoms with E-state index in [0.717, 1.165) is 42.4 Å². The zero-order valence-electron chi connectivity index (χ0n) is 14.9. The summed E-state index contributed by atoms with van der Waals surface area (Å²) in [6, 6.07) is 5.23. The summed E-state index contributed by atoms with van der Waals surface area (Å²) in [5.74, 6) is -1.03. The highest BCUT2D eigenvalue weighted by Gasteiger charge is 2.23. The molecule has 1 aromatic carbocycles. The van der Waals surface area contributed by atoms with Crippen molar-refractivity contribution in [2.24, 2.45) is 0 Å². The summed E-state index contributed by atoms with van der Waals surface area (Å²) in [6.45, 7) is 1.51. The number of amides is 1. The van der Waals surface area contributed by atoms with Gasteiger partial charge in [-0.15, -0.1) is 0 Å². The number of halogens is 1. The van der Waals surface area contributed by atoms with Gasteiger partial charge in [-0.1, -0.05) is 12.5 Å². The highest BCUT2D eigenvalue weighted by atomic mass is 32.2. The van der Waals surface area contributed by atoms with Gasteiger partial charge in [0.05, 0.1) is 18.6 Å². The zero-order valence-corrected chi connectivity index (χ0v) is 15.7. The minimum atomic E-state index is -3.73. The second-order valence-electron chi connectivity index (χ2n) is 6.47. The van der Waals surface area contributed by atoms with Crippen molar-refractivity contribution in [2.75, 3.05) is 43.3 Å². The quantitative estimate of drug-likeness (QED) is 0.680. The van der Waals surface area contributed by atoms with Crippen molar-refractivity contribution < 1.29 is 22.7 Å². The number of nitrogens with one attached hydrogen (secondary N) is 1. The molecular formula is C17H26FN3O4S. The average molecular weight is 387 g/mol. The third-order valence-corrected chi connectivity index (χ3v) is 5.61. The molecule has 0 aromatic heterocycles. The van der Waals surface area contributed by atoms with Crippen LogP contribution in [0.25, 0.3) is 0 Å². The van der Waals surface area contributed by atoms with Crippen LogP contribution in [0, 0.1) is 5.82 Å². The predicted octanol–water partition coefficient (Wildman–Crippen LogP) is 0.555. The number of anilines is 1. The van der Waals surface area contributed by atoms with Crippen LogP contribution in [0.1, 0.15) is 19.3 Å². The monoisotopic (exact) mass is 387 g/mol. The van der Waals surface area contributed by atoms with Crippen molar-refractivity contribution in [3.8, 4) is 0 Å². The lowest BCUT2D eigenvalue weighted by Crippen LogP contribution is -2.47. The van der Waals surface area contributed by atoms with Gasteiger partial charge in [0.15, 0.2) is 0 Å². The van der Waals surface area contributed by atoms with E-state index >= 15 is 0 Å². The molecule has 1 saturated heterocycles. The average Bonchev–Trinajstić information content (AvgIpc) is 2.59. The smallest absolute Gasteiger partial charge is 0.240 e. The van der Waals surface area contributed by atoms with Crippen molar-refractivity contribution in [3.63, 3.8) is 0 Å². The molecule has 1 heterocycles. The Balaban J connectivity index is 1.91. The number of aliphatic hydroxyl groups excluding tert-OH is 1. The minimum Gasteiger partial charge on any atom is -0.395 e. The molecule has 0 bridgehead atoms. The molecule has 1 aliphatic rings. The maximum Gasteiger partial charge on any atom is 0.240 e. The van der Waals surface area contributed by atoms with Crippen LogP contribution in [0.4, 0.5) is 10.1 Å². The molecule has 1 fully saturated rings. The second kappa shape index (κ2) is 9.29. The Kier molecular flexibility index (Phi) is 7.36. The van der Waals surface area contributed by atoms with E-state index in [-0.39, 0.29) is 18.3 Å². The molecule has 0 unspecified atom stereocenters. The van der Waals surface area contributed by atoms with E-state index in [1.54, 1.807) is 0 Å². The molecule has 0 aliphatic carbocycles. The third-order valence-electron chi connectivity index (χ3n) is 4.46. The van der Waals surface area contributed by atoms with Gasteiger partial charge in [-0.25, -0.2) is 12.8 Å². The summed E-state index contributed by atoms with van der Waals surface area (Å²) in [6.07, 6.45) is 4.06. The maximum absolute atomic E-state index is 13.4. The number of carbonyl (C=O) groups is 1. The van der Waals surface area contributed by atoms with E-state index in [0.29, 0.717) is 13.1 Å². The first kappa shape index (κ1) is 20.6. The fourth-order valence-corrected chi connectivity index (χ4v) is 3.97. The molecule has 7 nitrogen and oxygen atoms in total. The molecule has 146 valence electrons. The van der Waals surface area contributed by atoms with E-state index < -0.39 is 28.3 Å². The van der Waals surface area contributed by atoms with Crippen LogP contribution >= 0.6 is 0 Å². The predicted molar refractivity (Wildman–Crippen MR) is 97.9 cm³/mol. The Morgan fingerprint density at radius 1 is 1.42 bits per heavy atom. The van der Waals surface area contributed by atoms with Crippen LogP contribution in [0.3, 0.4) is 0 Å². The highest BCUT2D eigenvalue weighted by Crippen LogP contribution is 2.18. The number of benzene rings is 1. The van der Waals surface area contributed by atoms with Gasteiger partial charge in [0.2, 0.25) is 15.9 Å². The molecule has 26 heavy (non-hydrogen) atoms. The largest absolute Gasteiger partial charge is 0.395 e. The topological polar surface area (TPSA) is 90.0 Å². The maximum atomic E-state index is 13.4. The summed E-state index contributed by atoms with van der Waals surface area (Å²) in [5, 5.41) is 12.1. The normalized spacial score (nSPS) is 18.5. The SMILES string of the molecule is CS(=O)(=O)N(CC(=O)NCCN1CCCC[C@H]1CO)c1cccc(F)c1. The molecular weight excluding hydrogens is 361 g/mol. The number of sulfonamides is 1. The Morgan fingerprint density at radius 3 is 2.85 bits per heavy atom. The van der Waals surface area contributed by atoms with Gasteiger partial charge in [0.25, 0.3) is 0 Å². The number of hydrogen-bond donors (Lipinski definition) is 2. The first-order valence-electron chi connectivity index (χ1n) is 8.66. The standard InChI is InChI=1S/C17H26FN3O4S/c1-26(24,25)21(15-7-4-5-14(18)11-15)12-17(23)19-8-10-20-9-3-2-6-16(20)13-22/h4-5,7,11,16,22H,2-3,6,8-10,12-13H2,1H3,(H,19,23)/t16-/m0/s1. The minimum absolute atomic E-state index is 0.0926. The van der Waals surface area contributed by atoms with Crippen LogP contribution in [-0.2, 0) is 14.8 Å². The van der Waals surface area contributed by atoms with Crippen LogP contribution in [0.15, 0.2) is 24.3 Å². The van der Waals surface area contributed by atoms with Crippen molar-refractivity contribution in [1.82, 2.24) is 10.2 Å². The van der Waals surface area contributed by atoms with Gasteiger partial charge in [0.1, 0.15) is 12.4 Å². The second-order valence-corrected chi connectivity index (χ2v) is 8.37. The molecule has 0 spiro atoms. The third kappa shape index (κ3) is 5.93. The number of nitrogens with zero attached hydrogens (tertiary/aromatic N) is 2. The van der Waals surface area contributed by atoms with Gasteiger partial charge in [-0.05, 0) is 37.6 Å². The molecule has 0 radical (unpaired) electrons. The fraction of sp³-hybridized carbons (Fsp3) is 0.588. The summed E-state index contributed by atoms with van der Waals surface area (Å²) in [5.41, 5.74) is 0.110. The number of rotatable bonds is 8. The van der Waals surface area contributed by atoms with Gasteiger partial charge < -0.3 is 10.4 Å². The van der Waals surface area contributed by atoms with E-state index in [1.807, 2.05) is 0 Å². The van der Waals surface area contributed by atoms with Crippen molar-refractivity contribution >= 4 is 21.6 Å². The molecule has 0 saturated carbocycles. The summed E-state index contributed by atoms with van der Waals surface area (Å²) >= 11 is 0. The molecule has 1 aliphatic heterocycles. The highest BCUT2D eigenvalue weighted by molar-refractivity contribution is 7.92. The molecule has 2 N–H and O–H groups in total. The number of likely N-dealkylation sites (tertiary alicyclic amines) is 1. The summed E-state index contributed by atoms with van der Waals surface area (Å²) < 4.78 is 38.2. The molecule has 1 amide bonds. The van der Waals surface area contributed by atoms with E-state index in [4.69, 9.17) is 0 Å². The first-order valence-corrected chi connectivity index (χ1v) is 10.5. The number of piperidine rings is 1. The molecule has 9 heteroatoms. The molecule has 1 atom stereocenters. The lowest BCUT2D eigenvalue weighted by molar-refractivity contribution is -0.119. The number of carbonyl (C=O) groups excluding carboxylic acids is 1. The van der Waals surface area contributed by atoms with Crippen LogP contribution in [-0.4, -0.2) is 69.4 Å². The van der Waals surface area contributed by atoms with E-state index in [9.17, 15) is 22.7 Å².